The number of anilines is 1. The smallest absolute Gasteiger partial charge is 0.331 e. The van der Waals surface area contributed by atoms with Crippen LogP contribution in [0.3, 0.4) is 0 Å². The molecule has 1 aliphatic rings. The van der Waals surface area contributed by atoms with E-state index in [-0.39, 0.29) is 30.2 Å². The Balaban J connectivity index is 1.20. The zero-order valence-electron chi connectivity index (χ0n) is 17.4. The predicted molar refractivity (Wildman–Crippen MR) is 118 cm³/mol. The van der Waals surface area contributed by atoms with E-state index in [4.69, 9.17) is 9.15 Å². The SMILES string of the molecule is O=C(/C=C\c1nc2ccccc2o1)OCC(=O)N1CCC(C(=O)Nc2ccccc2)CC1. The van der Waals surface area contributed by atoms with Crippen LogP contribution in [-0.2, 0) is 19.1 Å². The molecule has 8 nitrogen and oxygen atoms in total. The molecule has 1 aromatic heterocycles. The van der Waals surface area contributed by atoms with Gasteiger partial charge in [0.1, 0.15) is 5.52 Å². The van der Waals surface area contributed by atoms with Crippen molar-refractivity contribution in [3.05, 3.63) is 66.6 Å². The second kappa shape index (κ2) is 9.91. The maximum Gasteiger partial charge on any atom is 0.331 e. The number of hydrogen-bond acceptors (Lipinski definition) is 6. The molecule has 0 aliphatic carbocycles. The van der Waals surface area contributed by atoms with Crippen molar-refractivity contribution in [2.45, 2.75) is 12.8 Å². The lowest BCUT2D eigenvalue weighted by Gasteiger charge is -2.31. The van der Waals surface area contributed by atoms with Crippen molar-refractivity contribution in [1.29, 1.82) is 0 Å². The van der Waals surface area contributed by atoms with Crippen LogP contribution in [0.4, 0.5) is 5.69 Å². The number of aromatic nitrogens is 1. The third-order valence-electron chi connectivity index (χ3n) is 5.27. The third-order valence-corrected chi connectivity index (χ3v) is 5.27. The van der Waals surface area contributed by atoms with Crippen molar-refractivity contribution in [3.63, 3.8) is 0 Å². The molecule has 0 bridgehead atoms. The normalized spacial score (nSPS) is 14.6. The molecule has 0 saturated carbocycles. The maximum absolute atomic E-state index is 12.4. The van der Waals surface area contributed by atoms with Crippen LogP contribution in [-0.4, -0.2) is 47.4 Å². The minimum atomic E-state index is -0.655. The number of oxazole rings is 1. The number of benzene rings is 2. The van der Waals surface area contributed by atoms with Crippen LogP contribution in [0.1, 0.15) is 18.7 Å². The van der Waals surface area contributed by atoms with E-state index >= 15 is 0 Å². The largest absolute Gasteiger partial charge is 0.452 e. The molecule has 0 spiro atoms. The Morgan fingerprint density at radius 3 is 2.53 bits per heavy atom. The van der Waals surface area contributed by atoms with Gasteiger partial charge in [0.25, 0.3) is 5.91 Å². The minimum absolute atomic E-state index is 0.0425. The van der Waals surface area contributed by atoms with Gasteiger partial charge < -0.3 is 19.4 Å². The Morgan fingerprint density at radius 2 is 1.78 bits per heavy atom. The topological polar surface area (TPSA) is 102 Å². The summed E-state index contributed by atoms with van der Waals surface area (Å²) < 4.78 is 10.5. The summed E-state index contributed by atoms with van der Waals surface area (Å²) in [7, 11) is 0. The summed E-state index contributed by atoms with van der Waals surface area (Å²) in [6.07, 6.45) is 3.72. The molecular formula is C24H23N3O5. The molecule has 0 unspecified atom stereocenters. The molecule has 0 radical (unpaired) electrons. The zero-order chi connectivity index (χ0) is 22.3. The van der Waals surface area contributed by atoms with E-state index in [0.717, 1.165) is 5.69 Å². The van der Waals surface area contributed by atoms with E-state index in [9.17, 15) is 14.4 Å². The Kier molecular flexibility index (Phi) is 6.60. The number of ether oxygens (including phenoxy) is 1. The fourth-order valence-electron chi connectivity index (χ4n) is 3.53. The van der Waals surface area contributed by atoms with Crippen molar-refractivity contribution in [3.8, 4) is 0 Å². The number of hydrogen-bond donors (Lipinski definition) is 1. The number of fused-ring (bicyclic) bond motifs is 1. The lowest BCUT2D eigenvalue weighted by molar-refractivity contribution is -0.149. The van der Waals surface area contributed by atoms with Crippen LogP contribution in [0.15, 0.2) is 65.1 Å². The number of amides is 2. The highest BCUT2D eigenvalue weighted by Gasteiger charge is 2.27. The number of para-hydroxylation sites is 3. The van der Waals surface area contributed by atoms with E-state index in [0.29, 0.717) is 37.0 Å². The summed E-state index contributed by atoms with van der Waals surface area (Å²) in [5.41, 5.74) is 2.07. The molecule has 1 aliphatic heterocycles. The summed E-state index contributed by atoms with van der Waals surface area (Å²) in [4.78, 5) is 42.5. The summed E-state index contributed by atoms with van der Waals surface area (Å²) in [6, 6.07) is 16.6. The minimum Gasteiger partial charge on any atom is -0.452 e. The average molecular weight is 433 g/mol. The number of piperidine rings is 1. The lowest BCUT2D eigenvalue weighted by atomic mass is 9.95. The Morgan fingerprint density at radius 1 is 1.06 bits per heavy atom. The van der Waals surface area contributed by atoms with Crippen LogP contribution in [0.2, 0.25) is 0 Å². The first-order chi connectivity index (χ1) is 15.6. The highest BCUT2D eigenvalue weighted by atomic mass is 16.5. The Bertz CT molecular complexity index is 1100. The van der Waals surface area contributed by atoms with E-state index in [2.05, 4.69) is 10.3 Å². The van der Waals surface area contributed by atoms with Gasteiger partial charge in [0.15, 0.2) is 12.2 Å². The lowest BCUT2D eigenvalue weighted by Crippen LogP contribution is -2.43. The summed E-state index contributed by atoms with van der Waals surface area (Å²) in [5.74, 6) is -0.848. The van der Waals surface area contributed by atoms with Crippen LogP contribution in [0.25, 0.3) is 17.2 Å². The van der Waals surface area contributed by atoms with Gasteiger partial charge in [-0.25, -0.2) is 9.78 Å². The highest BCUT2D eigenvalue weighted by Crippen LogP contribution is 2.20. The number of esters is 1. The molecule has 0 atom stereocenters. The van der Waals surface area contributed by atoms with Gasteiger partial charge in [-0.15, -0.1) is 0 Å². The van der Waals surface area contributed by atoms with Crippen LogP contribution >= 0.6 is 0 Å². The number of carbonyl (C=O) groups excluding carboxylic acids is 3. The molecule has 1 N–H and O–H groups in total. The van der Waals surface area contributed by atoms with Crippen molar-refractivity contribution >= 4 is 40.6 Å². The number of likely N-dealkylation sites (tertiary alicyclic amines) is 1. The molecule has 2 amide bonds. The van der Waals surface area contributed by atoms with Gasteiger partial charge in [0, 0.05) is 36.8 Å². The standard InChI is InChI=1S/C24H23N3O5/c28-22(16-31-23(29)11-10-21-26-19-8-4-5-9-20(19)32-21)27-14-12-17(13-15-27)24(30)25-18-6-2-1-3-7-18/h1-11,17H,12-16H2,(H,25,30)/b11-10-. The molecule has 2 heterocycles. The number of rotatable bonds is 6. The quantitative estimate of drug-likeness (QED) is 0.473. The molecule has 32 heavy (non-hydrogen) atoms. The first kappa shape index (κ1) is 21.3. The second-order valence-corrected chi connectivity index (χ2v) is 7.47. The predicted octanol–water partition coefficient (Wildman–Crippen LogP) is 3.26. The van der Waals surface area contributed by atoms with Crippen molar-refractivity contribution < 1.29 is 23.5 Å². The fourth-order valence-corrected chi connectivity index (χ4v) is 3.53. The summed E-state index contributed by atoms with van der Waals surface area (Å²) in [6.45, 7) is 0.543. The third kappa shape index (κ3) is 5.40. The molecule has 1 saturated heterocycles. The van der Waals surface area contributed by atoms with Gasteiger partial charge in [0.2, 0.25) is 11.8 Å². The van der Waals surface area contributed by atoms with E-state index in [1.807, 2.05) is 48.5 Å². The van der Waals surface area contributed by atoms with Gasteiger partial charge in [0.05, 0.1) is 0 Å². The molecular weight excluding hydrogens is 410 g/mol. The molecule has 2 aromatic carbocycles. The van der Waals surface area contributed by atoms with Gasteiger partial charge in [-0.05, 0) is 37.1 Å². The van der Waals surface area contributed by atoms with Crippen molar-refractivity contribution in [2.24, 2.45) is 5.92 Å². The van der Waals surface area contributed by atoms with Crippen LogP contribution < -0.4 is 5.32 Å². The van der Waals surface area contributed by atoms with E-state index in [1.54, 1.807) is 11.0 Å². The zero-order valence-corrected chi connectivity index (χ0v) is 17.4. The first-order valence-electron chi connectivity index (χ1n) is 10.4. The Labute approximate surface area is 184 Å². The molecule has 8 heteroatoms. The van der Waals surface area contributed by atoms with Crippen LogP contribution in [0.5, 0.6) is 0 Å². The number of carbonyl (C=O) groups is 3. The van der Waals surface area contributed by atoms with Crippen LogP contribution in [0, 0.1) is 5.92 Å². The molecule has 4 rings (SSSR count). The molecule has 1 fully saturated rings. The Hall–Kier alpha value is -3.94. The van der Waals surface area contributed by atoms with E-state index in [1.165, 1.54) is 12.2 Å². The average Bonchev–Trinajstić information content (AvgIpc) is 3.25. The highest BCUT2D eigenvalue weighted by molar-refractivity contribution is 5.93. The fraction of sp³-hybridized carbons (Fsp3) is 0.250. The first-order valence-corrected chi connectivity index (χ1v) is 10.4. The monoisotopic (exact) mass is 433 g/mol. The maximum atomic E-state index is 12.4. The second-order valence-electron chi connectivity index (χ2n) is 7.47. The summed E-state index contributed by atoms with van der Waals surface area (Å²) >= 11 is 0. The van der Waals surface area contributed by atoms with Gasteiger partial charge in [-0.1, -0.05) is 30.3 Å². The van der Waals surface area contributed by atoms with Crippen molar-refractivity contribution in [1.82, 2.24) is 9.88 Å². The van der Waals surface area contributed by atoms with Crippen molar-refractivity contribution in [2.75, 3.05) is 25.0 Å². The molecule has 3 aromatic rings. The van der Waals surface area contributed by atoms with E-state index < -0.39 is 5.97 Å². The van der Waals surface area contributed by atoms with Gasteiger partial charge in [-0.2, -0.15) is 0 Å². The molecule has 164 valence electrons. The van der Waals surface area contributed by atoms with Gasteiger partial charge in [-0.3, -0.25) is 9.59 Å². The number of nitrogens with one attached hydrogen (secondary N) is 1. The van der Waals surface area contributed by atoms with Gasteiger partial charge >= 0.3 is 5.97 Å². The number of nitrogens with zero attached hydrogens (tertiary/aromatic N) is 2. The summed E-state index contributed by atoms with van der Waals surface area (Å²) in [5, 5.41) is 2.90.